The van der Waals surface area contributed by atoms with E-state index < -0.39 is 5.24 Å². The molecule has 48 valence electrons. The van der Waals surface area contributed by atoms with Crippen molar-refractivity contribution in [2.75, 3.05) is 0 Å². The van der Waals surface area contributed by atoms with Crippen LogP contribution >= 0.6 is 22.9 Å². The molecule has 0 saturated heterocycles. The minimum absolute atomic E-state index is 0.430. The Morgan fingerprint density at radius 3 is 2.78 bits per heavy atom. The zero-order chi connectivity index (χ0) is 6.85. The molecular formula is C5H4ClNOS. The zero-order valence-corrected chi connectivity index (χ0v) is 6.29. The van der Waals surface area contributed by atoms with Crippen molar-refractivity contribution in [2.24, 2.45) is 0 Å². The number of hydrogen-bond donors (Lipinski definition) is 0. The maximum atomic E-state index is 10.4. The van der Waals surface area contributed by atoms with Crippen molar-refractivity contribution in [2.45, 2.75) is 6.92 Å². The van der Waals surface area contributed by atoms with Gasteiger partial charge in [-0.15, -0.1) is 11.3 Å². The molecule has 9 heavy (non-hydrogen) atoms. The number of carbonyl (C=O) groups excluding carboxylic acids is 1. The van der Waals surface area contributed by atoms with Gasteiger partial charge in [-0.05, 0) is 18.5 Å². The van der Waals surface area contributed by atoms with Crippen molar-refractivity contribution in [3.05, 3.63) is 16.1 Å². The van der Waals surface area contributed by atoms with Crippen LogP contribution in [0.3, 0.4) is 0 Å². The summed E-state index contributed by atoms with van der Waals surface area (Å²) in [7, 11) is 0. The highest BCUT2D eigenvalue weighted by Gasteiger charge is 2.03. The van der Waals surface area contributed by atoms with E-state index in [1.165, 1.54) is 17.5 Å². The Hall–Kier alpha value is -0.410. The molecule has 0 fully saturated rings. The Kier molecular flexibility index (Phi) is 1.83. The van der Waals surface area contributed by atoms with Crippen LogP contribution in [0.15, 0.2) is 6.20 Å². The Morgan fingerprint density at radius 1 is 1.89 bits per heavy atom. The van der Waals surface area contributed by atoms with Crippen LogP contribution in [-0.4, -0.2) is 10.2 Å². The van der Waals surface area contributed by atoms with Gasteiger partial charge in [-0.25, -0.2) is 4.98 Å². The molecule has 0 radical (unpaired) electrons. The van der Waals surface area contributed by atoms with Crippen LogP contribution in [0.25, 0.3) is 0 Å². The van der Waals surface area contributed by atoms with Gasteiger partial charge in [0, 0.05) is 0 Å². The normalized spacial score (nSPS) is 9.56. The van der Waals surface area contributed by atoms with E-state index in [0.29, 0.717) is 4.88 Å². The van der Waals surface area contributed by atoms with Crippen molar-refractivity contribution in [3.8, 4) is 0 Å². The molecule has 0 aliphatic heterocycles. The standard InChI is InChI=1S/C5H4ClNOS/c1-3-7-2-4(9-3)5(6)8/h2H,1H3. The summed E-state index contributed by atoms with van der Waals surface area (Å²) in [5, 5.41) is 0.430. The molecule has 0 atom stereocenters. The van der Waals surface area contributed by atoms with Crippen LogP contribution in [-0.2, 0) is 0 Å². The summed E-state index contributed by atoms with van der Waals surface area (Å²) in [6.07, 6.45) is 1.48. The van der Waals surface area contributed by atoms with Crippen molar-refractivity contribution >= 4 is 28.2 Å². The number of halogens is 1. The van der Waals surface area contributed by atoms with E-state index in [0.717, 1.165) is 5.01 Å². The number of hydrogen-bond acceptors (Lipinski definition) is 3. The second kappa shape index (κ2) is 2.45. The van der Waals surface area contributed by atoms with Crippen molar-refractivity contribution < 1.29 is 4.79 Å². The Morgan fingerprint density at radius 2 is 2.56 bits per heavy atom. The van der Waals surface area contributed by atoms with Gasteiger partial charge in [0.2, 0.25) is 0 Å². The minimum Gasteiger partial charge on any atom is -0.275 e. The highest BCUT2D eigenvalue weighted by molar-refractivity contribution is 7.15. The molecule has 0 aromatic carbocycles. The Balaban J connectivity index is 2.98. The number of aryl methyl sites for hydroxylation is 1. The summed E-state index contributed by atoms with van der Waals surface area (Å²) in [6.45, 7) is 1.83. The van der Waals surface area contributed by atoms with Crippen molar-refractivity contribution in [1.29, 1.82) is 0 Å². The molecule has 0 bridgehead atoms. The maximum Gasteiger partial charge on any atom is 0.264 e. The molecule has 1 aromatic rings. The summed E-state index contributed by atoms with van der Waals surface area (Å²) in [4.78, 5) is 14.8. The van der Waals surface area contributed by atoms with Crippen LogP contribution in [0.5, 0.6) is 0 Å². The quantitative estimate of drug-likeness (QED) is 0.589. The molecule has 0 spiro atoms. The van der Waals surface area contributed by atoms with Crippen LogP contribution in [0, 0.1) is 6.92 Å². The van der Waals surface area contributed by atoms with Gasteiger partial charge in [-0.3, -0.25) is 4.79 Å². The maximum absolute atomic E-state index is 10.4. The van der Waals surface area contributed by atoms with Crippen molar-refractivity contribution in [3.63, 3.8) is 0 Å². The summed E-state index contributed by atoms with van der Waals surface area (Å²) in [5.74, 6) is 0. The van der Waals surface area contributed by atoms with Crippen LogP contribution < -0.4 is 0 Å². The molecule has 4 heteroatoms. The van der Waals surface area contributed by atoms with E-state index in [-0.39, 0.29) is 0 Å². The summed E-state index contributed by atoms with van der Waals surface area (Å²) in [6, 6.07) is 0. The third-order valence-corrected chi connectivity index (χ3v) is 2.04. The molecule has 2 nitrogen and oxygen atoms in total. The Labute approximate surface area is 61.5 Å². The van der Waals surface area contributed by atoms with E-state index >= 15 is 0 Å². The SMILES string of the molecule is Cc1ncc(C(=O)Cl)s1. The molecule has 1 aromatic heterocycles. The molecule has 0 saturated carbocycles. The van der Waals surface area contributed by atoms with E-state index in [1.54, 1.807) is 0 Å². The lowest BCUT2D eigenvalue weighted by molar-refractivity contribution is 0.108. The van der Waals surface area contributed by atoms with E-state index in [9.17, 15) is 4.79 Å². The fourth-order valence-electron chi connectivity index (χ4n) is 0.452. The largest absolute Gasteiger partial charge is 0.275 e. The molecule has 0 N–H and O–H groups in total. The Bertz CT molecular complexity index is 233. The first-order chi connectivity index (χ1) is 4.20. The van der Waals surface area contributed by atoms with Gasteiger partial charge >= 0.3 is 0 Å². The molecule has 1 rings (SSSR count). The number of aromatic nitrogens is 1. The average molecular weight is 162 g/mol. The fraction of sp³-hybridized carbons (Fsp3) is 0.200. The van der Waals surface area contributed by atoms with Gasteiger partial charge < -0.3 is 0 Å². The topological polar surface area (TPSA) is 30.0 Å². The van der Waals surface area contributed by atoms with Crippen molar-refractivity contribution in [1.82, 2.24) is 4.98 Å². The monoisotopic (exact) mass is 161 g/mol. The molecule has 0 amide bonds. The molecule has 1 heterocycles. The lowest BCUT2D eigenvalue weighted by Gasteiger charge is -1.76. The first-order valence-electron chi connectivity index (χ1n) is 2.32. The number of thiazole rings is 1. The molecule has 0 unspecified atom stereocenters. The number of carbonyl (C=O) groups is 1. The van der Waals surface area contributed by atoms with Crippen LogP contribution in [0.1, 0.15) is 14.7 Å². The predicted octanol–water partition coefficient (Wildman–Crippen LogP) is 1.83. The summed E-state index contributed by atoms with van der Waals surface area (Å²) >= 11 is 6.45. The van der Waals surface area contributed by atoms with Gasteiger partial charge in [0.15, 0.2) is 0 Å². The minimum atomic E-state index is -0.430. The molecular weight excluding hydrogens is 158 g/mol. The van der Waals surface area contributed by atoms with Gasteiger partial charge in [-0.2, -0.15) is 0 Å². The van der Waals surface area contributed by atoms with Crippen LogP contribution in [0.4, 0.5) is 0 Å². The number of rotatable bonds is 1. The highest BCUT2D eigenvalue weighted by Crippen LogP contribution is 2.13. The van der Waals surface area contributed by atoms with Gasteiger partial charge in [0.1, 0.15) is 4.88 Å². The third-order valence-electron chi connectivity index (χ3n) is 0.815. The predicted molar refractivity (Wildman–Crippen MR) is 37.0 cm³/mol. The molecule has 0 aliphatic rings. The van der Waals surface area contributed by atoms with E-state index in [1.807, 2.05) is 6.92 Å². The third kappa shape index (κ3) is 1.50. The van der Waals surface area contributed by atoms with Crippen LogP contribution in [0.2, 0.25) is 0 Å². The first-order valence-corrected chi connectivity index (χ1v) is 3.52. The average Bonchev–Trinajstić information content (AvgIpc) is 2.14. The van der Waals surface area contributed by atoms with Gasteiger partial charge in [-0.1, -0.05) is 0 Å². The first kappa shape index (κ1) is 6.71. The summed E-state index contributed by atoms with van der Waals surface area (Å²) in [5.41, 5.74) is 0. The second-order valence-corrected chi connectivity index (χ2v) is 3.10. The molecule has 0 aliphatic carbocycles. The zero-order valence-electron chi connectivity index (χ0n) is 4.72. The number of nitrogens with zero attached hydrogens (tertiary/aromatic N) is 1. The smallest absolute Gasteiger partial charge is 0.264 e. The van der Waals surface area contributed by atoms with E-state index in [2.05, 4.69) is 4.98 Å². The van der Waals surface area contributed by atoms with Gasteiger partial charge in [0.25, 0.3) is 5.24 Å². The second-order valence-electron chi connectivity index (χ2n) is 1.52. The highest BCUT2D eigenvalue weighted by atomic mass is 35.5. The fourth-order valence-corrected chi connectivity index (χ4v) is 1.23. The summed E-state index contributed by atoms with van der Waals surface area (Å²) < 4.78 is 0. The van der Waals surface area contributed by atoms with Gasteiger partial charge in [0.05, 0.1) is 11.2 Å². The lowest BCUT2D eigenvalue weighted by Crippen LogP contribution is -1.78. The lowest BCUT2D eigenvalue weighted by atomic mass is 10.6. The van der Waals surface area contributed by atoms with E-state index in [4.69, 9.17) is 11.6 Å².